The fraction of sp³-hybridized carbons (Fsp3) is 0.167. The van der Waals surface area contributed by atoms with E-state index in [2.05, 4.69) is 30.0 Å². The monoisotopic (exact) mass is 400 g/mol. The second kappa shape index (κ2) is 7.57. The first-order valence-electron chi connectivity index (χ1n) is 9.21. The van der Waals surface area contributed by atoms with Gasteiger partial charge in [0.1, 0.15) is 5.75 Å². The van der Waals surface area contributed by atoms with E-state index in [1.807, 2.05) is 47.9 Å². The normalized spacial score (nSPS) is 11.7. The lowest BCUT2D eigenvalue weighted by molar-refractivity contribution is 0.0995. The highest BCUT2D eigenvalue weighted by molar-refractivity contribution is 7.16. The van der Waals surface area contributed by atoms with Crippen molar-refractivity contribution in [2.24, 2.45) is 4.99 Å². The van der Waals surface area contributed by atoms with E-state index in [1.165, 1.54) is 11.3 Å². The summed E-state index contributed by atoms with van der Waals surface area (Å²) in [4.78, 5) is 18.1. The molecular weight excluding hydrogens is 380 g/mol. The Morgan fingerprint density at radius 3 is 2.59 bits per heavy atom. The highest BCUT2D eigenvalue weighted by Gasteiger charge is 2.15. The molecule has 1 aromatic heterocycles. The van der Waals surface area contributed by atoms with Crippen molar-refractivity contribution < 1.29 is 9.53 Å². The number of terminal acetylenes is 1. The van der Waals surface area contributed by atoms with Gasteiger partial charge in [-0.25, -0.2) is 0 Å². The molecule has 0 fully saturated rings. The van der Waals surface area contributed by atoms with Gasteiger partial charge < -0.3 is 9.30 Å². The average Bonchev–Trinajstić information content (AvgIpc) is 3.04. The maximum Gasteiger partial charge on any atom is 0.283 e. The molecule has 3 aromatic carbocycles. The van der Waals surface area contributed by atoms with Gasteiger partial charge in [-0.1, -0.05) is 47.6 Å². The van der Waals surface area contributed by atoms with Gasteiger partial charge >= 0.3 is 0 Å². The molecule has 0 aliphatic carbocycles. The van der Waals surface area contributed by atoms with Crippen molar-refractivity contribution in [2.75, 3.05) is 7.11 Å². The molecule has 4 aromatic rings. The molecule has 0 bridgehead atoms. The van der Waals surface area contributed by atoms with Crippen LogP contribution in [0.1, 0.15) is 21.5 Å². The number of carbonyl (C=O) groups excluding carboxylic acids is 1. The topological polar surface area (TPSA) is 43.6 Å². The highest BCUT2D eigenvalue weighted by Crippen LogP contribution is 2.27. The van der Waals surface area contributed by atoms with E-state index < -0.39 is 0 Å². The molecule has 0 saturated heterocycles. The molecule has 0 spiro atoms. The molecule has 4 rings (SSSR count). The Kier molecular flexibility index (Phi) is 4.96. The van der Waals surface area contributed by atoms with Crippen LogP contribution in [0.3, 0.4) is 0 Å². The lowest BCUT2D eigenvalue weighted by atomic mass is 10.1. The van der Waals surface area contributed by atoms with Gasteiger partial charge in [-0.15, -0.1) is 6.42 Å². The minimum Gasteiger partial charge on any atom is -0.496 e. The first-order valence-corrected chi connectivity index (χ1v) is 10.0. The van der Waals surface area contributed by atoms with Gasteiger partial charge in [-0.3, -0.25) is 4.79 Å². The van der Waals surface area contributed by atoms with Gasteiger partial charge in [0.05, 0.1) is 29.4 Å². The number of thiazole rings is 1. The number of carbonyl (C=O) groups is 1. The van der Waals surface area contributed by atoms with E-state index in [-0.39, 0.29) is 5.91 Å². The predicted octanol–water partition coefficient (Wildman–Crippen LogP) is 4.86. The van der Waals surface area contributed by atoms with Crippen molar-refractivity contribution in [3.63, 3.8) is 0 Å². The Bertz CT molecular complexity index is 1370. The summed E-state index contributed by atoms with van der Waals surface area (Å²) in [6.45, 7) is 4.46. The van der Waals surface area contributed by atoms with Crippen LogP contribution in [-0.2, 0) is 6.54 Å². The second-order valence-corrected chi connectivity index (χ2v) is 7.90. The molecule has 0 unspecified atom stereocenters. The maximum absolute atomic E-state index is 13.1. The third kappa shape index (κ3) is 3.43. The third-order valence-corrected chi connectivity index (χ3v) is 6.09. The summed E-state index contributed by atoms with van der Waals surface area (Å²) in [6.07, 6.45) is 5.59. The van der Waals surface area contributed by atoms with Crippen molar-refractivity contribution in [3.05, 3.63) is 70.0 Å². The lowest BCUT2D eigenvalue weighted by Gasteiger charge is -2.07. The number of amides is 1. The Hall–Kier alpha value is -3.36. The minimum atomic E-state index is -0.348. The van der Waals surface area contributed by atoms with Crippen molar-refractivity contribution in [2.45, 2.75) is 20.4 Å². The Morgan fingerprint density at radius 2 is 1.90 bits per heavy atom. The van der Waals surface area contributed by atoms with Crippen LogP contribution in [0.5, 0.6) is 5.75 Å². The first kappa shape index (κ1) is 19.0. The van der Waals surface area contributed by atoms with E-state index in [0.717, 1.165) is 32.1 Å². The van der Waals surface area contributed by atoms with Gasteiger partial charge in [-0.2, -0.15) is 4.99 Å². The molecule has 29 heavy (non-hydrogen) atoms. The Morgan fingerprint density at radius 1 is 1.17 bits per heavy atom. The number of fused-ring (bicyclic) bond motifs is 2. The van der Waals surface area contributed by atoms with Crippen LogP contribution >= 0.6 is 11.3 Å². The molecular formula is C24H20N2O2S. The molecule has 5 heteroatoms. The SMILES string of the molecule is C#CCn1c(=NC(=O)c2cc3ccccc3cc2OC)sc2c(C)cc(C)cc21. The number of hydrogen-bond donors (Lipinski definition) is 0. The van der Waals surface area contributed by atoms with E-state index in [4.69, 9.17) is 11.2 Å². The quantitative estimate of drug-likeness (QED) is 0.461. The number of nitrogens with zero attached hydrogens (tertiary/aromatic N) is 2. The molecule has 0 aliphatic rings. The zero-order valence-electron chi connectivity index (χ0n) is 16.5. The zero-order chi connectivity index (χ0) is 20.5. The lowest BCUT2D eigenvalue weighted by Crippen LogP contribution is -2.16. The fourth-order valence-corrected chi connectivity index (χ4v) is 4.62. The first-order chi connectivity index (χ1) is 14.0. The summed E-state index contributed by atoms with van der Waals surface area (Å²) in [6, 6.07) is 15.8. The molecule has 0 atom stereocenters. The number of methoxy groups -OCH3 is 1. The number of ether oxygens (including phenoxy) is 1. The number of benzene rings is 3. The maximum atomic E-state index is 13.1. The van der Waals surface area contributed by atoms with Crippen molar-refractivity contribution >= 4 is 38.2 Å². The van der Waals surface area contributed by atoms with Gasteiger partial charge in [0.25, 0.3) is 5.91 Å². The van der Waals surface area contributed by atoms with Gasteiger partial charge in [0.2, 0.25) is 0 Å². The second-order valence-electron chi connectivity index (χ2n) is 6.92. The minimum absolute atomic E-state index is 0.348. The number of aromatic nitrogens is 1. The molecule has 0 N–H and O–H groups in total. The molecule has 0 aliphatic heterocycles. The van der Waals surface area contributed by atoms with Crippen LogP contribution in [0, 0.1) is 26.2 Å². The van der Waals surface area contributed by atoms with E-state index in [1.54, 1.807) is 7.11 Å². The summed E-state index contributed by atoms with van der Waals surface area (Å²) in [7, 11) is 1.56. The number of aryl methyl sites for hydroxylation is 2. The Balaban J connectivity index is 1.93. The largest absolute Gasteiger partial charge is 0.496 e. The predicted molar refractivity (Wildman–Crippen MR) is 119 cm³/mol. The van der Waals surface area contributed by atoms with E-state index in [9.17, 15) is 4.79 Å². The van der Waals surface area contributed by atoms with E-state index in [0.29, 0.717) is 22.7 Å². The summed E-state index contributed by atoms with van der Waals surface area (Å²) < 4.78 is 8.48. The molecule has 0 radical (unpaired) electrons. The standard InChI is InChI=1S/C24H20N2O2S/c1-5-10-26-20-12-15(2)11-16(3)22(20)29-24(26)25-23(27)19-13-17-8-6-7-9-18(17)14-21(19)28-4/h1,6-9,11-14H,10H2,2-4H3. The van der Waals surface area contributed by atoms with Crippen molar-refractivity contribution in [1.29, 1.82) is 0 Å². The number of rotatable bonds is 3. The summed E-state index contributed by atoms with van der Waals surface area (Å²) >= 11 is 1.48. The highest BCUT2D eigenvalue weighted by atomic mass is 32.1. The van der Waals surface area contributed by atoms with Gasteiger partial charge in [-0.05, 0) is 53.9 Å². The van der Waals surface area contributed by atoms with Crippen LogP contribution in [0.15, 0.2) is 53.5 Å². The third-order valence-electron chi connectivity index (χ3n) is 4.86. The molecule has 144 valence electrons. The molecule has 0 saturated carbocycles. The fourth-order valence-electron chi connectivity index (χ4n) is 3.54. The smallest absolute Gasteiger partial charge is 0.283 e. The summed E-state index contributed by atoms with van der Waals surface area (Å²) in [5.74, 6) is 2.84. The van der Waals surface area contributed by atoms with Crippen LogP contribution in [0.2, 0.25) is 0 Å². The zero-order valence-corrected chi connectivity index (χ0v) is 17.3. The Labute approximate surface area is 173 Å². The van der Waals surface area contributed by atoms with Gasteiger partial charge in [0.15, 0.2) is 4.80 Å². The molecule has 1 heterocycles. The van der Waals surface area contributed by atoms with E-state index >= 15 is 0 Å². The molecule has 4 nitrogen and oxygen atoms in total. The molecule has 1 amide bonds. The number of hydrogen-bond acceptors (Lipinski definition) is 3. The summed E-state index contributed by atoms with van der Waals surface area (Å²) in [5, 5.41) is 1.97. The van der Waals surface area contributed by atoms with Crippen LogP contribution < -0.4 is 9.54 Å². The summed E-state index contributed by atoms with van der Waals surface area (Å²) in [5.41, 5.74) is 3.73. The van der Waals surface area contributed by atoms with Crippen LogP contribution in [0.25, 0.3) is 21.0 Å². The van der Waals surface area contributed by atoms with Crippen LogP contribution in [0.4, 0.5) is 0 Å². The average molecular weight is 401 g/mol. The van der Waals surface area contributed by atoms with Crippen molar-refractivity contribution in [1.82, 2.24) is 4.57 Å². The van der Waals surface area contributed by atoms with Crippen molar-refractivity contribution in [3.8, 4) is 18.1 Å². The van der Waals surface area contributed by atoms with Gasteiger partial charge in [0, 0.05) is 0 Å². The van der Waals surface area contributed by atoms with Crippen LogP contribution in [-0.4, -0.2) is 17.6 Å².